The van der Waals surface area contributed by atoms with Gasteiger partial charge in [0.1, 0.15) is 5.82 Å². The third-order valence-corrected chi connectivity index (χ3v) is 4.10. The summed E-state index contributed by atoms with van der Waals surface area (Å²) < 4.78 is 13.6. The van der Waals surface area contributed by atoms with E-state index in [1.807, 2.05) is 4.90 Å². The van der Waals surface area contributed by atoms with Crippen LogP contribution in [0.15, 0.2) is 24.3 Å². The fourth-order valence-electron chi connectivity index (χ4n) is 2.75. The number of amides is 1. The first kappa shape index (κ1) is 16.9. The highest BCUT2D eigenvalue weighted by Crippen LogP contribution is 2.10. The molecule has 0 aliphatic carbocycles. The Bertz CT molecular complexity index is 485. The molecule has 0 spiro atoms. The molecule has 1 aliphatic heterocycles. The van der Waals surface area contributed by atoms with Gasteiger partial charge in [0.05, 0.1) is 6.42 Å². The van der Waals surface area contributed by atoms with Crippen molar-refractivity contribution in [1.29, 1.82) is 0 Å². The maximum Gasteiger partial charge on any atom is 0.227 e. The van der Waals surface area contributed by atoms with Crippen LogP contribution in [0.4, 0.5) is 4.39 Å². The molecule has 1 saturated heterocycles. The van der Waals surface area contributed by atoms with Crippen LogP contribution in [0.3, 0.4) is 0 Å². The van der Waals surface area contributed by atoms with E-state index in [9.17, 15) is 9.18 Å². The van der Waals surface area contributed by atoms with E-state index in [1.54, 1.807) is 18.2 Å². The molecule has 0 saturated carbocycles. The first-order valence-corrected chi connectivity index (χ1v) is 7.94. The molecule has 122 valence electrons. The molecule has 0 aromatic heterocycles. The predicted octanol–water partition coefficient (Wildman–Crippen LogP) is 1.46. The number of nitrogens with zero attached hydrogens (tertiary/aromatic N) is 3. The van der Waals surface area contributed by atoms with Crippen LogP contribution < -0.4 is 0 Å². The molecule has 2 rings (SSSR count). The second-order valence-electron chi connectivity index (χ2n) is 6.15. The van der Waals surface area contributed by atoms with Gasteiger partial charge in [-0.3, -0.25) is 9.69 Å². The third kappa shape index (κ3) is 5.07. The minimum atomic E-state index is -0.293. The van der Waals surface area contributed by atoms with Crippen molar-refractivity contribution in [3.8, 4) is 0 Å². The lowest BCUT2D eigenvalue weighted by molar-refractivity contribution is -0.132. The van der Waals surface area contributed by atoms with Gasteiger partial charge in [-0.05, 0) is 45.2 Å². The van der Waals surface area contributed by atoms with Crippen LogP contribution in [0.5, 0.6) is 0 Å². The van der Waals surface area contributed by atoms with Gasteiger partial charge in [-0.25, -0.2) is 4.39 Å². The first-order valence-electron chi connectivity index (χ1n) is 7.94. The zero-order valence-corrected chi connectivity index (χ0v) is 13.6. The average Bonchev–Trinajstić information content (AvgIpc) is 2.50. The lowest BCUT2D eigenvalue weighted by atomic mass is 10.1. The molecule has 1 fully saturated rings. The van der Waals surface area contributed by atoms with Gasteiger partial charge < -0.3 is 9.80 Å². The Morgan fingerprint density at radius 2 is 1.86 bits per heavy atom. The summed E-state index contributed by atoms with van der Waals surface area (Å²) in [5.74, 6) is -0.267. The SMILES string of the molecule is CN(C)CCCN1CCN(C(=O)Cc2ccccc2F)CC1. The molecule has 22 heavy (non-hydrogen) atoms. The molecule has 1 aromatic rings. The van der Waals surface area contributed by atoms with Gasteiger partial charge >= 0.3 is 0 Å². The van der Waals surface area contributed by atoms with Crippen molar-refractivity contribution in [3.05, 3.63) is 35.6 Å². The molecule has 1 heterocycles. The molecule has 0 atom stereocenters. The van der Waals surface area contributed by atoms with Crippen LogP contribution in [-0.4, -0.2) is 74.0 Å². The zero-order chi connectivity index (χ0) is 15.9. The zero-order valence-electron chi connectivity index (χ0n) is 13.6. The highest BCUT2D eigenvalue weighted by atomic mass is 19.1. The lowest BCUT2D eigenvalue weighted by Crippen LogP contribution is -2.49. The normalized spacial score (nSPS) is 16.3. The molecular formula is C17H26FN3O. The Hall–Kier alpha value is -1.46. The number of benzene rings is 1. The van der Waals surface area contributed by atoms with Crippen molar-refractivity contribution in [2.45, 2.75) is 12.8 Å². The number of carbonyl (C=O) groups excluding carboxylic acids is 1. The molecular weight excluding hydrogens is 281 g/mol. The number of hydrogen-bond donors (Lipinski definition) is 0. The summed E-state index contributed by atoms with van der Waals surface area (Å²) in [5.41, 5.74) is 0.487. The molecule has 0 N–H and O–H groups in total. The Balaban J connectivity index is 1.74. The van der Waals surface area contributed by atoms with Crippen molar-refractivity contribution in [1.82, 2.24) is 14.7 Å². The van der Waals surface area contributed by atoms with E-state index in [-0.39, 0.29) is 18.1 Å². The number of rotatable bonds is 6. The summed E-state index contributed by atoms with van der Waals surface area (Å²) in [7, 11) is 4.17. The highest BCUT2D eigenvalue weighted by Gasteiger charge is 2.21. The summed E-state index contributed by atoms with van der Waals surface area (Å²) in [6.07, 6.45) is 1.31. The van der Waals surface area contributed by atoms with Crippen molar-refractivity contribution in [3.63, 3.8) is 0 Å². The van der Waals surface area contributed by atoms with E-state index >= 15 is 0 Å². The van der Waals surface area contributed by atoms with Crippen LogP contribution in [0, 0.1) is 5.82 Å². The Kier molecular flexibility index (Phi) is 6.34. The quantitative estimate of drug-likeness (QED) is 0.796. The second-order valence-corrected chi connectivity index (χ2v) is 6.15. The number of hydrogen-bond acceptors (Lipinski definition) is 3. The second kappa shape index (κ2) is 8.25. The molecule has 1 aromatic carbocycles. The van der Waals surface area contributed by atoms with E-state index < -0.39 is 0 Å². The monoisotopic (exact) mass is 307 g/mol. The predicted molar refractivity (Wildman–Crippen MR) is 86.3 cm³/mol. The van der Waals surface area contributed by atoms with Crippen LogP contribution in [-0.2, 0) is 11.2 Å². The molecule has 0 bridgehead atoms. The number of halogens is 1. The molecule has 1 aliphatic rings. The standard InChI is InChI=1S/C17H26FN3O/c1-19(2)8-5-9-20-10-12-21(13-11-20)17(22)14-15-6-3-4-7-16(15)18/h3-4,6-7H,5,8-14H2,1-2H3. The maximum atomic E-state index is 13.6. The topological polar surface area (TPSA) is 26.8 Å². The Morgan fingerprint density at radius 3 is 2.50 bits per heavy atom. The van der Waals surface area contributed by atoms with Crippen LogP contribution >= 0.6 is 0 Å². The number of carbonyl (C=O) groups is 1. The van der Waals surface area contributed by atoms with Gasteiger partial charge in [-0.1, -0.05) is 18.2 Å². The molecule has 4 nitrogen and oxygen atoms in total. The van der Waals surface area contributed by atoms with E-state index in [2.05, 4.69) is 23.9 Å². The summed E-state index contributed by atoms with van der Waals surface area (Å²) >= 11 is 0. The van der Waals surface area contributed by atoms with Crippen LogP contribution in [0.2, 0.25) is 0 Å². The first-order chi connectivity index (χ1) is 10.6. The summed E-state index contributed by atoms with van der Waals surface area (Å²) in [6.45, 7) is 5.48. The van der Waals surface area contributed by atoms with E-state index in [0.717, 1.165) is 45.7 Å². The summed E-state index contributed by atoms with van der Waals surface area (Å²) in [6, 6.07) is 6.51. The van der Waals surface area contributed by atoms with Gasteiger partial charge in [0, 0.05) is 26.2 Å². The smallest absolute Gasteiger partial charge is 0.227 e. The van der Waals surface area contributed by atoms with Gasteiger partial charge in [-0.15, -0.1) is 0 Å². The lowest BCUT2D eigenvalue weighted by Gasteiger charge is -2.35. The fourth-order valence-corrected chi connectivity index (χ4v) is 2.75. The van der Waals surface area contributed by atoms with Crippen LogP contribution in [0.25, 0.3) is 0 Å². The minimum Gasteiger partial charge on any atom is -0.340 e. The number of piperazine rings is 1. The molecule has 0 unspecified atom stereocenters. The molecule has 0 radical (unpaired) electrons. The maximum absolute atomic E-state index is 13.6. The minimum absolute atomic E-state index is 0.0260. The van der Waals surface area contributed by atoms with E-state index in [1.165, 1.54) is 6.07 Å². The van der Waals surface area contributed by atoms with Crippen molar-refractivity contribution in [2.75, 3.05) is 53.4 Å². The third-order valence-electron chi connectivity index (χ3n) is 4.10. The largest absolute Gasteiger partial charge is 0.340 e. The van der Waals surface area contributed by atoms with E-state index in [4.69, 9.17) is 0 Å². The van der Waals surface area contributed by atoms with Gasteiger partial charge in [-0.2, -0.15) is 0 Å². The Morgan fingerprint density at radius 1 is 1.18 bits per heavy atom. The van der Waals surface area contributed by atoms with E-state index in [0.29, 0.717) is 5.56 Å². The van der Waals surface area contributed by atoms with Gasteiger partial charge in [0.25, 0.3) is 0 Å². The Labute approximate surface area is 132 Å². The average molecular weight is 307 g/mol. The molecule has 5 heteroatoms. The van der Waals surface area contributed by atoms with Crippen LogP contribution in [0.1, 0.15) is 12.0 Å². The fraction of sp³-hybridized carbons (Fsp3) is 0.588. The summed E-state index contributed by atoms with van der Waals surface area (Å²) in [5, 5.41) is 0. The van der Waals surface area contributed by atoms with Crippen molar-refractivity contribution < 1.29 is 9.18 Å². The summed E-state index contributed by atoms with van der Waals surface area (Å²) in [4.78, 5) is 18.7. The van der Waals surface area contributed by atoms with Gasteiger partial charge in [0.2, 0.25) is 5.91 Å². The van der Waals surface area contributed by atoms with Crippen molar-refractivity contribution in [2.24, 2.45) is 0 Å². The molecule has 1 amide bonds. The highest BCUT2D eigenvalue weighted by molar-refractivity contribution is 5.78. The van der Waals surface area contributed by atoms with Gasteiger partial charge in [0.15, 0.2) is 0 Å². The van der Waals surface area contributed by atoms with Crippen molar-refractivity contribution >= 4 is 5.91 Å².